The third-order valence-corrected chi connectivity index (χ3v) is 7.75. The molecule has 4 rings (SSSR count). The quantitative estimate of drug-likeness (QED) is 0.420. The number of methoxy groups -OCH3 is 1. The van der Waals surface area contributed by atoms with E-state index in [0.717, 1.165) is 22.5 Å². The Morgan fingerprint density at radius 1 is 1.14 bits per heavy atom. The first-order chi connectivity index (χ1) is 14.1. The summed E-state index contributed by atoms with van der Waals surface area (Å²) < 4.78 is 5.16. The predicted octanol–water partition coefficient (Wildman–Crippen LogP) is 6.65. The van der Waals surface area contributed by atoms with E-state index in [2.05, 4.69) is 36.2 Å². The highest BCUT2D eigenvalue weighted by Crippen LogP contribution is 2.50. The van der Waals surface area contributed by atoms with E-state index in [1.165, 1.54) is 62.5 Å². The summed E-state index contributed by atoms with van der Waals surface area (Å²) in [5, 5.41) is 0. The Kier molecular flexibility index (Phi) is 6.00. The van der Waals surface area contributed by atoms with Crippen molar-refractivity contribution in [3.05, 3.63) is 52.9 Å². The van der Waals surface area contributed by atoms with E-state index in [-0.39, 0.29) is 11.4 Å². The second kappa shape index (κ2) is 8.66. The highest BCUT2D eigenvalue weighted by atomic mass is 32.1. The third kappa shape index (κ3) is 3.95. The van der Waals surface area contributed by atoms with Crippen molar-refractivity contribution in [2.24, 2.45) is 16.3 Å². The van der Waals surface area contributed by atoms with Crippen LogP contribution in [0.4, 0.5) is 0 Å². The molecular formula is C25H29NO2S. The number of carbonyl (C=O) groups is 1. The molecule has 1 fully saturated rings. The van der Waals surface area contributed by atoms with Gasteiger partial charge in [0.25, 0.3) is 0 Å². The summed E-state index contributed by atoms with van der Waals surface area (Å²) in [6.45, 7) is 3.15. The van der Waals surface area contributed by atoms with E-state index in [1.807, 2.05) is 24.4 Å². The zero-order valence-electron chi connectivity index (χ0n) is 17.3. The lowest BCUT2D eigenvalue weighted by molar-refractivity contribution is 0.0605. The molecule has 29 heavy (non-hydrogen) atoms. The van der Waals surface area contributed by atoms with Crippen LogP contribution in [0.5, 0.6) is 0 Å². The lowest BCUT2D eigenvalue weighted by Gasteiger charge is -2.40. The van der Waals surface area contributed by atoms with Gasteiger partial charge in [-0.25, -0.2) is 4.79 Å². The van der Waals surface area contributed by atoms with Gasteiger partial charge in [0.2, 0.25) is 0 Å². The number of ether oxygens (including phenoxy) is 1. The lowest BCUT2D eigenvalue weighted by Crippen LogP contribution is -2.34. The molecule has 0 radical (unpaired) electrons. The van der Waals surface area contributed by atoms with E-state index in [0.29, 0.717) is 10.8 Å². The van der Waals surface area contributed by atoms with Crippen LogP contribution in [0, 0.1) is 11.3 Å². The second-order valence-corrected chi connectivity index (χ2v) is 9.44. The van der Waals surface area contributed by atoms with Gasteiger partial charge in [0, 0.05) is 28.6 Å². The van der Waals surface area contributed by atoms with Crippen molar-refractivity contribution in [3.8, 4) is 10.4 Å². The summed E-state index contributed by atoms with van der Waals surface area (Å²) in [6.07, 6.45) is 11.8. The number of allylic oxidation sites excluding steroid dienone is 1. The van der Waals surface area contributed by atoms with Gasteiger partial charge >= 0.3 is 5.97 Å². The number of dihydropyridines is 1. The maximum absolute atomic E-state index is 12.7. The number of hydrogen-bond donors (Lipinski definition) is 0. The highest BCUT2D eigenvalue weighted by molar-refractivity contribution is 7.17. The fraction of sp³-hybridized carbons (Fsp3) is 0.440. The summed E-state index contributed by atoms with van der Waals surface area (Å²) in [7, 11) is 1.47. The van der Waals surface area contributed by atoms with Gasteiger partial charge in [-0.3, -0.25) is 4.99 Å². The molecule has 0 saturated heterocycles. The van der Waals surface area contributed by atoms with Gasteiger partial charge in [-0.05, 0) is 42.0 Å². The molecule has 1 saturated carbocycles. The molecule has 1 aliphatic heterocycles. The van der Waals surface area contributed by atoms with Crippen molar-refractivity contribution >= 4 is 29.1 Å². The van der Waals surface area contributed by atoms with Crippen molar-refractivity contribution in [2.75, 3.05) is 13.7 Å². The Morgan fingerprint density at radius 2 is 1.86 bits per heavy atom. The van der Waals surface area contributed by atoms with Crippen molar-refractivity contribution in [1.82, 2.24) is 0 Å². The van der Waals surface area contributed by atoms with Gasteiger partial charge in [-0.1, -0.05) is 62.9 Å². The molecular weight excluding hydrogens is 378 g/mol. The molecule has 1 aromatic carbocycles. The number of rotatable bonds is 4. The number of benzene rings is 1. The summed E-state index contributed by atoms with van der Waals surface area (Å²) in [4.78, 5) is 19.2. The monoisotopic (exact) mass is 407 g/mol. The van der Waals surface area contributed by atoms with E-state index in [1.54, 1.807) is 0 Å². The Bertz CT molecular complexity index is 920. The van der Waals surface area contributed by atoms with Crippen LogP contribution in [0.3, 0.4) is 0 Å². The summed E-state index contributed by atoms with van der Waals surface area (Å²) in [6, 6.07) is 12.5. The number of esters is 1. The molecule has 0 amide bonds. The van der Waals surface area contributed by atoms with Crippen molar-refractivity contribution < 1.29 is 9.53 Å². The molecule has 1 unspecified atom stereocenters. The third-order valence-electron chi connectivity index (χ3n) is 6.59. The summed E-state index contributed by atoms with van der Waals surface area (Å²) >= 11 is 1.53. The minimum atomic E-state index is -0.251. The molecule has 1 aromatic heterocycles. The minimum absolute atomic E-state index is 0.0447. The van der Waals surface area contributed by atoms with Gasteiger partial charge in [-0.2, -0.15) is 0 Å². The maximum Gasteiger partial charge on any atom is 0.348 e. The average molecular weight is 408 g/mol. The van der Waals surface area contributed by atoms with Crippen LogP contribution in [0.15, 0.2) is 47.5 Å². The average Bonchev–Trinajstić information content (AvgIpc) is 3.00. The van der Waals surface area contributed by atoms with E-state index in [9.17, 15) is 4.79 Å². The molecule has 3 nitrogen and oxygen atoms in total. The molecule has 1 aliphatic carbocycles. The molecule has 2 heterocycles. The van der Waals surface area contributed by atoms with E-state index in [4.69, 9.17) is 4.74 Å². The highest BCUT2D eigenvalue weighted by Gasteiger charge is 2.40. The number of hydrogen-bond acceptors (Lipinski definition) is 4. The number of aliphatic imine (C=N–C) groups is 1. The summed E-state index contributed by atoms with van der Waals surface area (Å²) in [5.41, 5.74) is 3.36. The first-order valence-electron chi connectivity index (χ1n) is 10.6. The number of thiophene rings is 1. The first-order valence-corrected chi connectivity index (χ1v) is 11.4. The van der Waals surface area contributed by atoms with Gasteiger partial charge < -0.3 is 4.74 Å². The minimum Gasteiger partial charge on any atom is -0.465 e. The first kappa shape index (κ1) is 20.1. The van der Waals surface area contributed by atoms with Crippen LogP contribution in [-0.4, -0.2) is 25.8 Å². The fourth-order valence-corrected chi connectivity index (χ4v) is 5.98. The molecule has 2 aliphatic rings. The molecule has 0 spiro atoms. The number of nitrogens with zero attached hydrogens (tertiary/aromatic N) is 1. The SMILES string of the molecule is COC(=O)c1sc(-c2ccccc2)cc1C1=CC=NCC1(C)C1CCCCCC1. The Hall–Kier alpha value is -2.20. The molecule has 152 valence electrons. The standard InChI is InChI=1S/C25H29NO2S/c1-25(19-12-8-3-4-9-13-19)17-26-15-14-21(25)20-16-22(18-10-6-5-7-11-18)29-23(20)24(27)28-2/h5-7,10-11,14-16,19H,3-4,8-9,12-13,17H2,1-2H3. The van der Waals surface area contributed by atoms with Gasteiger partial charge in [0.05, 0.1) is 7.11 Å². The van der Waals surface area contributed by atoms with Crippen LogP contribution in [0.2, 0.25) is 0 Å². The van der Waals surface area contributed by atoms with Crippen molar-refractivity contribution in [2.45, 2.75) is 45.4 Å². The van der Waals surface area contributed by atoms with Crippen LogP contribution in [-0.2, 0) is 4.74 Å². The van der Waals surface area contributed by atoms with Crippen LogP contribution >= 0.6 is 11.3 Å². The largest absolute Gasteiger partial charge is 0.465 e. The second-order valence-electron chi connectivity index (χ2n) is 8.39. The van der Waals surface area contributed by atoms with Crippen molar-refractivity contribution in [3.63, 3.8) is 0 Å². The molecule has 2 aromatic rings. The zero-order chi connectivity index (χ0) is 20.3. The van der Waals surface area contributed by atoms with Crippen molar-refractivity contribution in [1.29, 1.82) is 0 Å². The van der Waals surface area contributed by atoms with Crippen LogP contribution < -0.4 is 0 Å². The topological polar surface area (TPSA) is 38.7 Å². The Labute approximate surface area is 177 Å². The van der Waals surface area contributed by atoms with Crippen LogP contribution in [0.25, 0.3) is 16.0 Å². The van der Waals surface area contributed by atoms with E-state index >= 15 is 0 Å². The Morgan fingerprint density at radius 3 is 2.55 bits per heavy atom. The molecule has 4 heteroatoms. The predicted molar refractivity (Wildman–Crippen MR) is 122 cm³/mol. The normalized spacial score (nSPS) is 22.8. The molecule has 1 atom stereocenters. The number of carbonyl (C=O) groups excluding carboxylic acids is 1. The smallest absolute Gasteiger partial charge is 0.348 e. The maximum atomic E-state index is 12.7. The lowest BCUT2D eigenvalue weighted by atomic mass is 9.65. The molecule has 0 bridgehead atoms. The fourth-order valence-electron chi connectivity index (χ4n) is 4.89. The zero-order valence-corrected chi connectivity index (χ0v) is 18.1. The molecule has 0 N–H and O–H groups in total. The van der Waals surface area contributed by atoms with Gasteiger partial charge in [0.15, 0.2) is 0 Å². The van der Waals surface area contributed by atoms with Gasteiger partial charge in [0.1, 0.15) is 4.88 Å². The van der Waals surface area contributed by atoms with Gasteiger partial charge in [-0.15, -0.1) is 11.3 Å². The van der Waals surface area contributed by atoms with Crippen LogP contribution in [0.1, 0.15) is 60.7 Å². The summed E-state index contributed by atoms with van der Waals surface area (Å²) in [5.74, 6) is 0.345. The van der Waals surface area contributed by atoms with E-state index < -0.39 is 0 Å². The Balaban J connectivity index is 1.80.